The number of rotatable bonds is 0. The Kier molecular flexibility index (Phi) is 1.49. The Bertz CT molecular complexity index is 65.7. The molecule has 0 fully saturated rings. The summed E-state index contributed by atoms with van der Waals surface area (Å²) in [6.07, 6.45) is 1.82. The predicted octanol–water partition coefficient (Wildman–Crippen LogP) is -0.274. The standard InChI is InChI=1S/C2H2As2O/c1-2-5-4-3-1/h1-2H. The van der Waals surface area contributed by atoms with Crippen molar-refractivity contribution in [2.24, 2.45) is 0 Å². The number of hydrogen-bond acceptors (Lipinski definition) is 1. The Morgan fingerprint density at radius 1 is 1.60 bits per heavy atom. The maximum absolute atomic E-state index is 4.90. The minimum atomic E-state index is 0.337. The van der Waals surface area contributed by atoms with E-state index in [4.69, 9.17) is 3.73 Å². The van der Waals surface area contributed by atoms with E-state index >= 15 is 0 Å². The van der Waals surface area contributed by atoms with Gasteiger partial charge in [0.25, 0.3) is 0 Å². The Hall–Kier alpha value is 0.657. The molecule has 3 heteroatoms. The van der Waals surface area contributed by atoms with E-state index < -0.39 is 0 Å². The second-order valence-electron chi connectivity index (χ2n) is 0.588. The van der Waals surface area contributed by atoms with Crippen molar-refractivity contribution in [3.8, 4) is 0 Å². The molecule has 26 valence electrons. The Morgan fingerprint density at radius 2 is 2.60 bits per heavy atom. The fraction of sp³-hybridized carbons (Fsp3) is 0. The molecule has 1 aliphatic rings. The molecule has 0 aromatic carbocycles. The summed E-state index contributed by atoms with van der Waals surface area (Å²) in [5, 5.41) is 0. The van der Waals surface area contributed by atoms with Gasteiger partial charge in [-0.05, 0) is 0 Å². The summed E-state index contributed by atoms with van der Waals surface area (Å²) in [5.41, 5.74) is 0. The molecule has 0 radical (unpaired) electrons. The molecule has 0 aliphatic carbocycles. The first kappa shape index (κ1) is 3.83. The zero-order chi connectivity index (χ0) is 3.54. The molecule has 1 aliphatic heterocycles. The van der Waals surface area contributed by atoms with Crippen molar-refractivity contribution in [3.63, 3.8) is 0 Å². The summed E-state index contributed by atoms with van der Waals surface area (Å²) in [4.78, 5) is 2.15. The fourth-order valence-electron chi connectivity index (χ4n) is 0.136. The van der Waals surface area contributed by atoms with Crippen LogP contribution in [0, 0.1) is 0 Å². The molecule has 0 amide bonds. The van der Waals surface area contributed by atoms with Gasteiger partial charge >= 0.3 is 41.5 Å². The Morgan fingerprint density at radius 3 is 2.80 bits per heavy atom. The molecule has 0 unspecified atom stereocenters. The van der Waals surface area contributed by atoms with Crippen LogP contribution in [0.4, 0.5) is 0 Å². The van der Waals surface area contributed by atoms with Gasteiger partial charge in [0, 0.05) is 0 Å². The fourth-order valence-corrected chi connectivity index (χ4v) is 3.67. The van der Waals surface area contributed by atoms with Gasteiger partial charge in [-0.1, -0.05) is 0 Å². The van der Waals surface area contributed by atoms with Crippen LogP contribution in [-0.4, -0.2) is 26.6 Å². The monoisotopic (exact) mass is 192 g/mol. The summed E-state index contributed by atoms with van der Waals surface area (Å²) < 4.78 is 4.90. The van der Waals surface area contributed by atoms with E-state index in [-0.39, 0.29) is 0 Å². The topological polar surface area (TPSA) is 9.23 Å². The van der Waals surface area contributed by atoms with Crippen LogP contribution in [0.5, 0.6) is 0 Å². The third-order valence-corrected chi connectivity index (χ3v) is 4.98. The first-order valence-electron chi connectivity index (χ1n) is 1.21. The first-order chi connectivity index (χ1) is 2.50. The molecule has 5 heavy (non-hydrogen) atoms. The van der Waals surface area contributed by atoms with E-state index in [1.54, 1.807) is 0 Å². The van der Waals surface area contributed by atoms with Crippen LogP contribution in [0.25, 0.3) is 0 Å². The molecule has 0 spiro atoms. The van der Waals surface area contributed by atoms with Crippen molar-refractivity contribution in [2.75, 3.05) is 0 Å². The van der Waals surface area contributed by atoms with Gasteiger partial charge in [-0.15, -0.1) is 0 Å². The molecular weight excluding hydrogens is 190 g/mol. The van der Waals surface area contributed by atoms with E-state index in [1.165, 1.54) is 0 Å². The summed E-state index contributed by atoms with van der Waals surface area (Å²) in [7, 11) is 0. The van der Waals surface area contributed by atoms with Crippen molar-refractivity contribution in [3.05, 3.63) is 11.1 Å². The molecule has 0 aromatic rings. The van der Waals surface area contributed by atoms with E-state index in [1.807, 2.05) is 6.26 Å². The number of hydrogen-bond donors (Lipinski definition) is 0. The zero-order valence-electron chi connectivity index (χ0n) is 2.46. The minimum absolute atomic E-state index is 0.337. The third-order valence-electron chi connectivity index (χ3n) is 0.283. The van der Waals surface area contributed by atoms with Crippen LogP contribution in [0.2, 0.25) is 0 Å². The molecule has 0 N–H and O–H groups in total. The molecule has 1 heterocycles. The van der Waals surface area contributed by atoms with Gasteiger partial charge in [-0.3, -0.25) is 0 Å². The van der Waals surface area contributed by atoms with Crippen LogP contribution in [0.15, 0.2) is 11.1 Å². The average molecular weight is 192 g/mol. The molecule has 1 rings (SSSR count). The van der Waals surface area contributed by atoms with Gasteiger partial charge in [0.05, 0.1) is 0 Å². The van der Waals surface area contributed by atoms with E-state index in [0.717, 1.165) is 0 Å². The van der Waals surface area contributed by atoms with Gasteiger partial charge in [0.2, 0.25) is 0 Å². The molecule has 0 bridgehead atoms. The van der Waals surface area contributed by atoms with Crippen molar-refractivity contribution >= 4 is 26.6 Å². The normalized spacial score (nSPS) is 22.4. The molecule has 0 aromatic heterocycles. The summed E-state index contributed by atoms with van der Waals surface area (Å²) in [6, 6.07) is 0. The van der Waals surface area contributed by atoms with Gasteiger partial charge in [-0.2, -0.15) is 0 Å². The predicted molar refractivity (Wildman–Crippen MR) is 21.7 cm³/mol. The van der Waals surface area contributed by atoms with Crippen molar-refractivity contribution in [2.45, 2.75) is 0 Å². The molecule has 0 saturated heterocycles. The maximum atomic E-state index is 4.90. The SMILES string of the molecule is C1=C[As]=[As]O1. The van der Waals surface area contributed by atoms with E-state index in [2.05, 4.69) is 4.86 Å². The van der Waals surface area contributed by atoms with Gasteiger partial charge in [-0.25, -0.2) is 0 Å². The first-order valence-corrected chi connectivity index (χ1v) is 8.26. The van der Waals surface area contributed by atoms with E-state index in [0.29, 0.717) is 26.6 Å². The van der Waals surface area contributed by atoms with Gasteiger partial charge < -0.3 is 0 Å². The van der Waals surface area contributed by atoms with Crippen LogP contribution in [-0.2, 0) is 3.73 Å². The summed E-state index contributed by atoms with van der Waals surface area (Å²) in [5.74, 6) is 0. The zero-order valence-corrected chi connectivity index (χ0v) is 6.21. The molecular formula is C2H2As2O. The molecule has 0 atom stereocenters. The molecule has 1 nitrogen and oxygen atoms in total. The van der Waals surface area contributed by atoms with Gasteiger partial charge in [0.15, 0.2) is 0 Å². The van der Waals surface area contributed by atoms with Gasteiger partial charge in [0.1, 0.15) is 0 Å². The van der Waals surface area contributed by atoms with Crippen LogP contribution in [0.3, 0.4) is 0 Å². The Balaban J connectivity index is 2.61. The third kappa shape index (κ3) is 1.03. The van der Waals surface area contributed by atoms with Crippen molar-refractivity contribution < 1.29 is 3.73 Å². The second kappa shape index (κ2) is 1.95. The molecule has 0 saturated carbocycles. The average Bonchev–Trinajstić information content (AvgIpc) is 1.76. The van der Waals surface area contributed by atoms with Crippen LogP contribution < -0.4 is 0 Å². The van der Waals surface area contributed by atoms with Crippen LogP contribution >= 0.6 is 0 Å². The summed E-state index contributed by atoms with van der Waals surface area (Å²) in [6.45, 7) is 0. The van der Waals surface area contributed by atoms with Crippen molar-refractivity contribution in [1.82, 2.24) is 0 Å². The quantitative estimate of drug-likeness (QED) is 0.480. The summed E-state index contributed by atoms with van der Waals surface area (Å²) >= 11 is 0.882. The van der Waals surface area contributed by atoms with Crippen LogP contribution in [0.1, 0.15) is 0 Å². The van der Waals surface area contributed by atoms with Crippen molar-refractivity contribution in [1.29, 1.82) is 0 Å². The second-order valence-corrected chi connectivity index (χ2v) is 6.78. The Labute approximate surface area is 41.7 Å². The van der Waals surface area contributed by atoms with E-state index in [9.17, 15) is 0 Å².